The van der Waals surface area contributed by atoms with Crippen LogP contribution in [0.4, 0.5) is 10.1 Å². The van der Waals surface area contributed by atoms with Gasteiger partial charge in [0.25, 0.3) is 11.5 Å². The fourth-order valence-electron chi connectivity index (χ4n) is 3.95. The molecule has 0 unspecified atom stereocenters. The molecule has 0 spiro atoms. The molecule has 0 fully saturated rings. The molecule has 0 radical (unpaired) electrons. The van der Waals surface area contributed by atoms with Gasteiger partial charge in [0.05, 0.1) is 29.2 Å². The SMILES string of the molecule is COc1cc(C=Nn2c(-c3ccccc3)nc3ccccc3c2=O)cc(Cl)c1OCC(=O)Nc1ccc(F)cc1. The fourth-order valence-corrected chi connectivity index (χ4v) is 4.23. The van der Waals surface area contributed by atoms with E-state index in [-0.39, 0.29) is 28.7 Å². The molecule has 8 nitrogen and oxygen atoms in total. The molecule has 1 heterocycles. The third kappa shape index (κ3) is 5.84. The molecule has 1 amide bonds. The molecule has 0 saturated carbocycles. The number of ether oxygens (including phenoxy) is 2. The van der Waals surface area contributed by atoms with Crippen LogP contribution in [0.25, 0.3) is 22.3 Å². The van der Waals surface area contributed by atoms with Crippen LogP contribution in [0.15, 0.2) is 101 Å². The van der Waals surface area contributed by atoms with Crippen molar-refractivity contribution in [2.24, 2.45) is 5.10 Å². The molecule has 0 saturated heterocycles. The molecule has 4 aromatic carbocycles. The van der Waals surface area contributed by atoms with Crippen LogP contribution < -0.4 is 20.3 Å². The molecule has 0 aliphatic carbocycles. The summed E-state index contributed by atoms with van der Waals surface area (Å²) in [7, 11) is 1.43. The van der Waals surface area contributed by atoms with Crippen molar-refractivity contribution in [3.05, 3.63) is 118 Å². The number of amides is 1. The summed E-state index contributed by atoms with van der Waals surface area (Å²) in [6.45, 7) is -0.362. The molecule has 5 rings (SSSR count). The van der Waals surface area contributed by atoms with E-state index in [0.717, 1.165) is 5.56 Å². The first-order valence-electron chi connectivity index (χ1n) is 12.1. The predicted octanol–water partition coefficient (Wildman–Crippen LogP) is 5.76. The van der Waals surface area contributed by atoms with Crippen molar-refractivity contribution >= 4 is 40.3 Å². The van der Waals surface area contributed by atoms with Crippen LogP contribution in [0.3, 0.4) is 0 Å². The second-order valence-corrected chi connectivity index (χ2v) is 8.97. The first-order valence-corrected chi connectivity index (χ1v) is 12.5. The summed E-state index contributed by atoms with van der Waals surface area (Å²) in [5.74, 6) is -0.0777. The van der Waals surface area contributed by atoms with Gasteiger partial charge in [0, 0.05) is 11.3 Å². The summed E-state index contributed by atoms with van der Waals surface area (Å²) in [6.07, 6.45) is 1.46. The molecule has 0 atom stereocenters. The number of hydrogen-bond donors (Lipinski definition) is 1. The average Bonchev–Trinajstić information content (AvgIpc) is 2.97. The lowest BCUT2D eigenvalue weighted by Gasteiger charge is -2.13. The van der Waals surface area contributed by atoms with Gasteiger partial charge in [0.2, 0.25) is 0 Å². The minimum Gasteiger partial charge on any atom is -0.493 e. The Morgan fingerprint density at radius 1 is 1.05 bits per heavy atom. The van der Waals surface area contributed by atoms with Gasteiger partial charge in [-0.2, -0.15) is 9.78 Å². The predicted molar refractivity (Wildman–Crippen MR) is 153 cm³/mol. The van der Waals surface area contributed by atoms with Gasteiger partial charge in [-0.1, -0.05) is 54.1 Å². The van der Waals surface area contributed by atoms with Crippen LogP contribution in [0.1, 0.15) is 5.56 Å². The van der Waals surface area contributed by atoms with Crippen molar-refractivity contribution in [2.45, 2.75) is 0 Å². The topological polar surface area (TPSA) is 94.8 Å². The Bertz CT molecular complexity index is 1770. The van der Waals surface area contributed by atoms with Crippen molar-refractivity contribution in [1.29, 1.82) is 0 Å². The Hall–Kier alpha value is -5.02. The Morgan fingerprint density at radius 2 is 1.77 bits per heavy atom. The van der Waals surface area contributed by atoms with Crippen molar-refractivity contribution in [3.8, 4) is 22.9 Å². The molecule has 40 heavy (non-hydrogen) atoms. The number of halogens is 2. The maximum absolute atomic E-state index is 13.4. The number of benzene rings is 4. The number of carbonyl (C=O) groups is 1. The van der Waals surface area contributed by atoms with E-state index in [9.17, 15) is 14.0 Å². The van der Waals surface area contributed by atoms with E-state index >= 15 is 0 Å². The minimum absolute atomic E-state index is 0.157. The first-order chi connectivity index (χ1) is 19.4. The van der Waals surface area contributed by atoms with Gasteiger partial charge < -0.3 is 14.8 Å². The fraction of sp³-hybridized carbons (Fsp3) is 0.0667. The highest BCUT2D eigenvalue weighted by Gasteiger charge is 2.15. The molecule has 0 aliphatic rings. The van der Waals surface area contributed by atoms with E-state index in [4.69, 9.17) is 21.1 Å². The number of hydrogen-bond acceptors (Lipinski definition) is 6. The Balaban J connectivity index is 1.42. The Kier molecular flexibility index (Phi) is 7.84. The highest BCUT2D eigenvalue weighted by atomic mass is 35.5. The summed E-state index contributed by atoms with van der Waals surface area (Å²) in [5.41, 5.74) is 1.90. The molecule has 0 aliphatic heterocycles. The number of carbonyl (C=O) groups excluding carboxylic acids is 1. The van der Waals surface area contributed by atoms with Crippen molar-refractivity contribution in [2.75, 3.05) is 19.0 Å². The molecule has 5 aromatic rings. The third-order valence-electron chi connectivity index (χ3n) is 5.84. The molecule has 1 N–H and O–H groups in total. The zero-order chi connectivity index (χ0) is 28.1. The monoisotopic (exact) mass is 556 g/mol. The zero-order valence-corrected chi connectivity index (χ0v) is 21.9. The number of anilines is 1. The highest BCUT2D eigenvalue weighted by Crippen LogP contribution is 2.36. The zero-order valence-electron chi connectivity index (χ0n) is 21.2. The number of para-hydroxylation sites is 1. The molecule has 200 valence electrons. The van der Waals surface area contributed by atoms with E-state index < -0.39 is 11.7 Å². The van der Waals surface area contributed by atoms with Crippen molar-refractivity contribution < 1.29 is 18.7 Å². The van der Waals surface area contributed by atoms with Crippen LogP contribution in [-0.2, 0) is 4.79 Å². The number of rotatable bonds is 8. The summed E-state index contributed by atoms with van der Waals surface area (Å²) in [4.78, 5) is 30.4. The number of aromatic nitrogens is 2. The van der Waals surface area contributed by atoms with E-state index in [2.05, 4.69) is 15.4 Å². The highest BCUT2D eigenvalue weighted by molar-refractivity contribution is 6.32. The lowest BCUT2D eigenvalue weighted by atomic mass is 10.2. The number of nitrogens with one attached hydrogen (secondary N) is 1. The average molecular weight is 557 g/mol. The third-order valence-corrected chi connectivity index (χ3v) is 6.12. The quantitative estimate of drug-likeness (QED) is 0.245. The second kappa shape index (κ2) is 11.8. The Labute approximate surface area is 233 Å². The van der Waals surface area contributed by atoms with Gasteiger partial charge in [-0.3, -0.25) is 9.59 Å². The molecular weight excluding hydrogens is 535 g/mol. The molecular formula is C30H22ClFN4O4. The molecule has 1 aromatic heterocycles. The maximum Gasteiger partial charge on any atom is 0.282 e. The van der Waals surface area contributed by atoms with Crippen LogP contribution in [-0.4, -0.2) is 35.5 Å². The van der Waals surface area contributed by atoms with E-state index in [1.807, 2.05) is 36.4 Å². The van der Waals surface area contributed by atoms with Crippen LogP contribution >= 0.6 is 11.6 Å². The Morgan fingerprint density at radius 3 is 2.52 bits per heavy atom. The molecule has 10 heteroatoms. The number of nitrogens with zero attached hydrogens (tertiary/aromatic N) is 3. The van der Waals surface area contributed by atoms with Crippen LogP contribution in [0.5, 0.6) is 11.5 Å². The first kappa shape index (κ1) is 26.6. The molecule has 0 bridgehead atoms. The minimum atomic E-state index is -0.466. The second-order valence-electron chi connectivity index (χ2n) is 8.56. The number of fused-ring (bicyclic) bond motifs is 1. The largest absolute Gasteiger partial charge is 0.493 e. The lowest BCUT2D eigenvalue weighted by Crippen LogP contribution is -2.20. The van der Waals surface area contributed by atoms with Gasteiger partial charge >= 0.3 is 0 Å². The van der Waals surface area contributed by atoms with E-state index in [0.29, 0.717) is 28.0 Å². The smallest absolute Gasteiger partial charge is 0.282 e. The normalized spacial score (nSPS) is 11.1. The van der Waals surface area contributed by atoms with Crippen LogP contribution in [0.2, 0.25) is 5.02 Å². The summed E-state index contributed by atoms with van der Waals surface area (Å²) in [6, 6.07) is 24.9. The lowest BCUT2D eigenvalue weighted by molar-refractivity contribution is -0.118. The standard InChI is InChI=1S/C30H22ClFN4O4/c1-39-26-16-19(15-24(31)28(26)40-18-27(37)34-22-13-11-21(32)12-14-22)17-33-36-29(20-7-3-2-4-8-20)35-25-10-6-5-9-23(25)30(36)38/h2-17H,18H2,1H3,(H,34,37). The van der Waals surface area contributed by atoms with Gasteiger partial charge in [-0.25, -0.2) is 9.37 Å². The summed E-state index contributed by atoms with van der Waals surface area (Å²) in [5, 5.41) is 7.65. The van der Waals surface area contributed by atoms with Gasteiger partial charge in [-0.05, 0) is 54.1 Å². The van der Waals surface area contributed by atoms with E-state index in [1.165, 1.54) is 42.3 Å². The van der Waals surface area contributed by atoms with Gasteiger partial charge in [0.1, 0.15) is 5.82 Å². The van der Waals surface area contributed by atoms with Crippen molar-refractivity contribution in [1.82, 2.24) is 9.66 Å². The maximum atomic E-state index is 13.4. The van der Waals surface area contributed by atoms with E-state index in [1.54, 1.807) is 30.3 Å². The van der Waals surface area contributed by atoms with Crippen LogP contribution in [0, 0.1) is 5.82 Å². The van der Waals surface area contributed by atoms with Gasteiger partial charge in [0.15, 0.2) is 23.9 Å². The van der Waals surface area contributed by atoms with Crippen molar-refractivity contribution in [3.63, 3.8) is 0 Å². The summed E-state index contributed by atoms with van der Waals surface area (Å²) < 4.78 is 25.4. The van der Waals surface area contributed by atoms with Gasteiger partial charge in [-0.15, -0.1) is 0 Å². The summed E-state index contributed by atoms with van der Waals surface area (Å²) >= 11 is 6.47. The number of methoxy groups -OCH3 is 1.